The van der Waals surface area contributed by atoms with Crippen LogP contribution in [0.15, 0.2) is 0 Å². The predicted octanol–water partition coefficient (Wildman–Crippen LogP) is 2.06. The van der Waals surface area contributed by atoms with Crippen LogP contribution in [-0.2, 0) is 4.74 Å². The van der Waals surface area contributed by atoms with Crippen molar-refractivity contribution in [2.24, 2.45) is 5.92 Å². The van der Waals surface area contributed by atoms with Crippen molar-refractivity contribution >= 4 is 5.95 Å². The van der Waals surface area contributed by atoms with Gasteiger partial charge in [0.25, 0.3) is 0 Å². The van der Waals surface area contributed by atoms with Crippen LogP contribution in [0, 0.1) is 5.92 Å². The first-order valence-corrected chi connectivity index (χ1v) is 6.24. The normalized spacial score (nSPS) is 17.4. The maximum Gasteiger partial charge on any atom is 0.223 e. The van der Waals surface area contributed by atoms with E-state index in [9.17, 15) is 0 Å². The van der Waals surface area contributed by atoms with Gasteiger partial charge in [-0.05, 0) is 25.7 Å². The topological polar surface area (TPSA) is 73.9 Å². The smallest absolute Gasteiger partial charge is 0.223 e. The minimum absolute atomic E-state index is 0.0113. The fourth-order valence-electron chi connectivity index (χ4n) is 1.81. The summed E-state index contributed by atoms with van der Waals surface area (Å²) >= 11 is 0. The van der Waals surface area contributed by atoms with E-state index in [1.54, 1.807) is 0 Å². The monoisotopic (exact) mass is 236 g/mol. The summed E-state index contributed by atoms with van der Waals surface area (Å²) in [4.78, 5) is 12.9. The molecule has 0 radical (unpaired) electrons. The lowest BCUT2D eigenvalue weighted by molar-refractivity contribution is 0.0397. The number of ether oxygens (including phenoxy) is 1. The van der Waals surface area contributed by atoms with Gasteiger partial charge < -0.3 is 10.5 Å². The Hall–Kier alpha value is -1.23. The summed E-state index contributed by atoms with van der Waals surface area (Å²) in [5, 5.41) is 0. The van der Waals surface area contributed by atoms with Crippen LogP contribution in [0.4, 0.5) is 5.95 Å². The third kappa shape index (κ3) is 2.91. The van der Waals surface area contributed by atoms with E-state index in [1.165, 1.54) is 12.8 Å². The fraction of sp³-hybridized carbons (Fsp3) is 0.750. The molecule has 1 saturated carbocycles. The molecule has 1 unspecified atom stereocenters. The molecule has 1 aliphatic rings. The number of aromatic nitrogens is 3. The lowest BCUT2D eigenvalue weighted by Gasteiger charge is -2.16. The molecule has 1 aliphatic carbocycles. The third-order valence-electron chi connectivity index (χ3n) is 2.85. The highest BCUT2D eigenvalue weighted by molar-refractivity contribution is 5.18. The molecular weight excluding hydrogens is 216 g/mol. The molecule has 0 aromatic carbocycles. The van der Waals surface area contributed by atoms with Crippen LogP contribution < -0.4 is 5.73 Å². The third-order valence-corrected chi connectivity index (χ3v) is 2.85. The molecule has 1 aromatic heterocycles. The Morgan fingerprint density at radius 2 is 1.88 bits per heavy atom. The Morgan fingerprint density at radius 3 is 2.41 bits per heavy atom. The van der Waals surface area contributed by atoms with E-state index in [0.29, 0.717) is 24.3 Å². The summed E-state index contributed by atoms with van der Waals surface area (Å²) < 4.78 is 5.73. The minimum Gasteiger partial charge on any atom is -0.370 e. The Kier molecular flexibility index (Phi) is 3.57. The molecule has 0 amide bonds. The molecule has 5 heteroatoms. The average molecular weight is 236 g/mol. The van der Waals surface area contributed by atoms with E-state index in [1.807, 2.05) is 20.8 Å². The second-order valence-electron chi connectivity index (χ2n) is 4.78. The number of nitrogen functional groups attached to an aromatic ring is 1. The maximum absolute atomic E-state index is 5.73. The molecule has 0 spiro atoms. The van der Waals surface area contributed by atoms with Crippen LogP contribution in [-0.4, -0.2) is 21.6 Å². The molecule has 2 rings (SSSR count). The van der Waals surface area contributed by atoms with Crippen molar-refractivity contribution in [3.63, 3.8) is 0 Å². The van der Waals surface area contributed by atoms with Crippen molar-refractivity contribution in [3.8, 4) is 0 Å². The molecule has 0 saturated heterocycles. The van der Waals surface area contributed by atoms with Gasteiger partial charge in [0, 0.05) is 12.5 Å². The summed E-state index contributed by atoms with van der Waals surface area (Å²) in [6, 6.07) is 0. The van der Waals surface area contributed by atoms with Crippen molar-refractivity contribution in [2.45, 2.75) is 45.6 Å². The van der Waals surface area contributed by atoms with E-state index in [4.69, 9.17) is 10.5 Å². The quantitative estimate of drug-likeness (QED) is 0.847. The standard InChI is InChI=1S/C12H20N4O/c1-4-17-9(8-5-6-8)11-14-10(7(2)3)15-12(13)16-11/h7-9H,4-6H2,1-3H3,(H2,13,14,15,16). The van der Waals surface area contributed by atoms with Crippen LogP contribution in [0.3, 0.4) is 0 Å². The summed E-state index contributed by atoms with van der Waals surface area (Å²) in [6.07, 6.45) is 2.36. The summed E-state index contributed by atoms with van der Waals surface area (Å²) in [5.41, 5.74) is 5.73. The second kappa shape index (κ2) is 4.96. The maximum atomic E-state index is 5.73. The molecule has 0 aliphatic heterocycles. The fourth-order valence-corrected chi connectivity index (χ4v) is 1.81. The number of nitrogens with two attached hydrogens (primary N) is 1. The van der Waals surface area contributed by atoms with Crippen LogP contribution >= 0.6 is 0 Å². The molecule has 0 bridgehead atoms. The van der Waals surface area contributed by atoms with E-state index in [2.05, 4.69) is 15.0 Å². The highest BCUT2D eigenvalue weighted by Crippen LogP contribution is 2.42. The number of hydrogen-bond donors (Lipinski definition) is 1. The van der Waals surface area contributed by atoms with Crippen molar-refractivity contribution in [1.29, 1.82) is 0 Å². The van der Waals surface area contributed by atoms with Gasteiger partial charge in [-0.15, -0.1) is 0 Å². The van der Waals surface area contributed by atoms with E-state index >= 15 is 0 Å². The largest absolute Gasteiger partial charge is 0.370 e. The van der Waals surface area contributed by atoms with E-state index in [-0.39, 0.29) is 12.0 Å². The molecule has 17 heavy (non-hydrogen) atoms. The number of anilines is 1. The predicted molar refractivity (Wildman–Crippen MR) is 65.4 cm³/mol. The SMILES string of the molecule is CCOC(c1nc(N)nc(C(C)C)n1)C1CC1. The summed E-state index contributed by atoms with van der Waals surface area (Å²) in [7, 11) is 0. The molecule has 94 valence electrons. The Bertz CT molecular complexity index is 390. The number of rotatable bonds is 5. The van der Waals surface area contributed by atoms with E-state index in [0.717, 1.165) is 5.82 Å². The van der Waals surface area contributed by atoms with Crippen molar-refractivity contribution in [1.82, 2.24) is 15.0 Å². The Labute approximate surface area is 102 Å². The van der Waals surface area contributed by atoms with Gasteiger partial charge in [-0.2, -0.15) is 9.97 Å². The molecule has 1 heterocycles. The average Bonchev–Trinajstić information content (AvgIpc) is 3.08. The zero-order chi connectivity index (χ0) is 12.4. The molecule has 5 nitrogen and oxygen atoms in total. The van der Waals surface area contributed by atoms with Gasteiger partial charge in [0.2, 0.25) is 5.95 Å². The first-order valence-electron chi connectivity index (χ1n) is 6.24. The Morgan fingerprint density at radius 1 is 1.24 bits per heavy atom. The highest BCUT2D eigenvalue weighted by atomic mass is 16.5. The van der Waals surface area contributed by atoms with Crippen LogP contribution in [0.1, 0.15) is 57.3 Å². The highest BCUT2D eigenvalue weighted by Gasteiger charge is 2.35. The van der Waals surface area contributed by atoms with Gasteiger partial charge in [0.15, 0.2) is 5.82 Å². The van der Waals surface area contributed by atoms with Crippen molar-refractivity contribution < 1.29 is 4.74 Å². The van der Waals surface area contributed by atoms with Crippen LogP contribution in [0.5, 0.6) is 0 Å². The minimum atomic E-state index is -0.0113. The zero-order valence-corrected chi connectivity index (χ0v) is 10.7. The zero-order valence-electron chi connectivity index (χ0n) is 10.7. The van der Waals surface area contributed by atoms with Gasteiger partial charge in [-0.25, -0.2) is 4.98 Å². The molecule has 1 aromatic rings. The first kappa shape index (κ1) is 12.2. The summed E-state index contributed by atoms with van der Waals surface area (Å²) in [6.45, 7) is 6.75. The molecular formula is C12H20N4O. The van der Waals surface area contributed by atoms with Gasteiger partial charge >= 0.3 is 0 Å². The van der Waals surface area contributed by atoms with Crippen LogP contribution in [0.2, 0.25) is 0 Å². The second-order valence-corrected chi connectivity index (χ2v) is 4.78. The van der Waals surface area contributed by atoms with Crippen LogP contribution in [0.25, 0.3) is 0 Å². The Balaban J connectivity index is 2.28. The summed E-state index contributed by atoms with van der Waals surface area (Å²) in [5.74, 6) is 2.55. The van der Waals surface area contributed by atoms with Gasteiger partial charge in [-0.3, -0.25) is 0 Å². The first-order chi connectivity index (χ1) is 8.11. The number of hydrogen-bond acceptors (Lipinski definition) is 5. The lowest BCUT2D eigenvalue weighted by atomic mass is 10.2. The number of nitrogens with zero attached hydrogens (tertiary/aromatic N) is 3. The lowest BCUT2D eigenvalue weighted by Crippen LogP contribution is -2.15. The van der Waals surface area contributed by atoms with Gasteiger partial charge in [0.05, 0.1) is 0 Å². The van der Waals surface area contributed by atoms with E-state index < -0.39 is 0 Å². The molecule has 1 fully saturated rings. The van der Waals surface area contributed by atoms with Gasteiger partial charge in [0.1, 0.15) is 11.9 Å². The molecule has 1 atom stereocenters. The van der Waals surface area contributed by atoms with Crippen molar-refractivity contribution in [2.75, 3.05) is 12.3 Å². The van der Waals surface area contributed by atoms with Crippen molar-refractivity contribution in [3.05, 3.63) is 11.6 Å². The van der Waals surface area contributed by atoms with Gasteiger partial charge in [-0.1, -0.05) is 13.8 Å². The molecule has 2 N–H and O–H groups in total.